The van der Waals surface area contributed by atoms with Crippen molar-refractivity contribution in [1.29, 1.82) is 0 Å². The van der Waals surface area contributed by atoms with Gasteiger partial charge in [0.1, 0.15) is 0 Å². The first kappa shape index (κ1) is 14.0. The van der Waals surface area contributed by atoms with Crippen LogP contribution in [0.1, 0.15) is 0 Å². The summed E-state index contributed by atoms with van der Waals surface area (Å²) in [5.41, 5.74) is 2.52. The van der Waals surface area contributed by atoms with Gasteiger partial charge in [-0.25, -0.2) is 0 Å². The second-order valence-electron chi connectivity index (χ2n) is 3.26. The van der Waals surface area contributed by atoms with E-state index in [1.807, 2.05) is 36.3 Å². The molecule has 0 unspecified atom stereocenters. The fraction of sp³-hybridized carbons (Fsp3) is 0.182. The van der Waals surface area contributed by atoms with Crippen LogP contribution in [0.5, 0.6) is 0 Å². The van der Waals surface area contributed by atoms with E-state index in [0.717, 1.165) is 5.75 Å². The van der Waals surface area contributed by atoms with Gasteiger partial charge < -0.3 is 0 Å². The van der Waals surface area contributed by atoms with E-state index in [-0.39, 0.29) is 0 Å². The molecule has 4 nitrogen and oxygen atoms in total. The lowest BCUT2D eigenvalue weighted by molar-refractivity contribution is 0.490. The molecular formula is C11H13NO3S2. The van der Waals surface area contributed by atoms with E-state index in [2.05, 4.69) is 22.6 Å². The van der Waals surface area contributed by atoms with Gasteiger partial charge in [0.15, 0.2) is 0 Å². The zero-order valence-corrected chi connectivity index (χ0v) is 10.9. The second kappa shape index (κ2) is 6.58. The van der Waals surface area contributed by atoms with Crippen molar-refractivity contribution >= 4 is 28.1 Å². The molecule has 2 heterocycles. The quantitative estimate of drug-likeness (QED) is 0.686. The molecule has 1 N–H and O–H groups in total. The Labute approximate surface area is 105 Å². The highest BCUT2D eigenvalue weighted by atomic mass is 32.2. The van der Waals surface area contributed by atoms with Crippen molar-refractivity contribution in [3.8, 4) is 0 Å². The fourth-order valence-electron chi connectivity index (χ4n) is 1.14. The number of fused-ring (bicyclic) bond motifs is 1. The smallest absolute Gasteiger partial charge is 0.261 e. The molecular weight excluding hydrogens is 258 g/mol. The van der Waals surface area contributed by atoms with Crippen molar-refractivity contribution in [1.82, 2.24) is 0 Å². The van der Waals surface area contributed by atoms with Gasteiger partial charge in [0, 0.05) is 18.2 Å². The van der Waals surface area contributed by atoms with Crippen molar-refractivity contribution in [2.75, 3.05) is 12.0 Å². The third kappa shape index (κ3) is 6.93. The number of thioether (sulfide) groups is 1. The molecule has 0 amide bonds. The Bertz CT molecular complexity index is 503. The maximum absolute atomic E-state index is 9.19. The van der Waals surface area contributed by atoms with Crippen LogP contribution < -0.4 is 0 Å². The summed E-state index contributed by atoms with van der Waals surface area (Å²) in [6, 6.07) is 0. The normalized spacial score (nSPS) is 18.0. The summed E-state index contributed by atoms with van der Waals surface area (Å²) in [6.07, 6.45) is 12.8. The Morgan fingerprint density at radius 2 is 2.06 bits per heavy atom. The van der Waals surface area contributed by atoms with Crippen LogP contribution in [0.4, 0.5) is 0 Å². The molecule has 0 aliphatic carbocycles. The molecule has 0 radical (unpaired) electrons. The van der Waals surface area contributed by atoms with Crippen molar-refractivity contribution < 1.29 is 13.0 Å². The number of hydrogen-bond acceptors (Lipinski definition) is 4. The monoisotopic (exact) mass is 271 g/mol. The summed E-state index contributed by atoms with van der Waals surface area (Å²) < 4.78 is 25.9. The number of hydrogen-bond donors (Lipinski definition) is 1. The summed E-state index contributed by atoms with van der Waals surface area (Å²) in [7, 11) is -3.67. The standard InChI is InChI=1S/C10H9NS.CH4O3S/c1-5-11-6-2-10-4-8-12-7-3-9(1)10;1-5(2,3)4/h1-7H,8H2;1H3,(H,2,3,4). The van der Waals surface area contributed by atoms with Gasteiger partial charge in [0.05, 0.1) is 6.26 Å². The van der Waals surface area contributed by atoms with Crippen LogP contribution in [0.2, 0.25) is 0 Å². The van der Waals surface area contributed by atoms with Gasteiger partial charge in [-0.15, -0.1) is 11.8 Å². The lowest BCUT2D eigenvalue weighted by Crippen LogP contribution is -1.88. The third-order valence-corrected chi connectivity index (χ3v) is 2.44. The molecule has 0 saturated carbocycles. The van der Waals surface area contributed by atoms with E-state index in [1.165, 1.54) is 11.1 Å². The highest BCUT2D eigenvalue weighted by molar-refractivity contribution is 8.02. The average molecular weight is 271 g/mol. The Hall–Kier alpha value is -1.11. The zero-order chi connectivity index (χ0) is 12.7. The van der Waals surface area contributed by atoms with Gasteiger partial charge >= 0.3 is 0 Å². The summed E-state index contributed by atoms with van der Waals surface area (Å²) >= 11 is 1.81. The minimum absolute atomic E-state index is 0.715. The molecule has 17 heavy (non-hydrogen) atoms. The van der Waals surface area contributed by atoms with Crippen LogP contribution in [-0.2, 0) is 10.1 Å². The third-order valence-electron chi connectivity index (χ3n) is 1.76. The number of nitrogens with zero attached hydrogens (tertiary/aromatic N) is 1. The lowest BCUT2D eigenvalue weighted by atomic mass is 10.1. The van der Waals surface area contributed by atoms with Gasteiger partial charge in [-0.2, -0.15) is 8.42 Å². The Morgan fingerprint density at radius 1 is 1.35 bits per heavy atom. The molecule has 92 valence electrons. The van der Waals surface area contributed by atoms with Crippen LogP contribution in [0, 0.1) is 0 Å². The summed E-state index contributed by atoms with van der Waals surface area (Å²) in [6.45, 7) is 0. The maximum Gasteiger partial charge on any atom is 0.261 e. The van der Waals surface area contributed by atoms with Crippen LogP contribution in [-0.4, -0.2) is 31.2 Å². The van der Waals surface area contributed by atoms with Crippen molar-refractivity contribution in [3.63, 3.8) is 0 Å². The van der Waals surface area contributed by atoms with E-state index >= 15 is 0 Å². The molecule has 0 aromatic rings. The molecule has 2 rings (SSSR count). The van der Waals surface area contributed by atoms with Crippen molar-refractivity contribution in [2.24, 2.45) is 4.99 Å². The van der Waals surface area contributed by atoms with Gasteiger partial charge in [-0.3, -0.25) is 9.55 Å². The second-order valence-corrected chi connectivity index (χ2v) is 5.67. The maximum atomic E-state index is 9.19. The first-order valence-electron chi connectivity index (χ1n) is 4.78. The minimum atomic E-state index is -3.67. The predicted molar refractivity (Wildman–Crippen MR) is 72.9 cm³/mol. The molecule has 0 atom stereocenters. The van der Waals surface area contributed by atoms with E-state index in [9.17, 15) is 8.42 Å². The van der Waals surface area contributed by atoms with Crippen LogP contribution >= 0.6 is 11.8 Å². The average Bonchev–Trinajstić information content (AvgIpc) is 2.49. The molecule has 2 aliphatic heterocycles. The van der Waals surface area contributed by atoms with Gasteiger partial charge in [-0.05, 0) is 34.8 Å². The first-order valence-corrected chi connectivity index (χ1v) is 7.67. The van der Waals surface area contributed by atoms with E-state index < -0.39 is 10.1 Å². The summed E-state index contributed by atoms with van der Waals surface area (Å²) in [4.78, 5) is 4.06. The summed E-state index contributed by atoms with van der Waals surface area (Å²) in [5, 5.41) is 2.13. The fourth-order valence-corrected chi connectivity index (χ4v) is 1.77. The van der Waals surface area contributed by atoms with E-state index in [1.54, 1.807) is 0 Å². The van der Waals surface area contributed by atoms with Crippen molar-refractivity contribution in [2.45, 2.75) is 0 Å². The predicted octanol–water partition coefficient (Wildman–Crippen LogP) is 2.20. The van der Waals surface area contributed by atoms with Crippen LogP contribution in [0.15, 0.2) is 52.1 Å². The molecule has 0 fully saturated rings. The summed E-state index contributed by atoms with van der Waals surface area (Å²) in [5.74, 6) is 1.05. The Morgan fingerprint density at radius 3 is 2.76 bits per heavy atom. The molecule has 2 aliphatic rings. The van der Waals surface area contributed by atoms with Crippen LogP contribution in [0.25, 0.3) is 0 Å². The molecule has 0 aromatic carbocycles. The van der Waals surface area contributed by atoms with Crippen LogP contribution in [0.3, 0.4) is 0 Å². The molecule has 0 spiro atoms. The van der Waals surface area contributed by atoms with Gasteiger partial charge in [0.25, 0.3) is 10.1 Å². The molecule has 0 saturated heterocycles. The SMILES string of the molecule is C1=CC2=CCSC=CC2=CC=N1.CS(=O)(=O)O. The molecule has 0 bridgehead atoms. The highest BCUT2D eigenvalue weighted by Gasteiger charge is 2.01. The van der Waals surface area contributed by atoms with Crippen molar-refractivity contribution in [3.05, 3.63) is 47.1 Å². The van der Waals surface area contributed by atoms with E-state index in [4.69, 9.17) is 4.55 Å². The highest BCUT2D eigenvalue weighted by Crippen LogP contribution is 2.21. The zero-order valence-electron chi connectivity index (χ0n) is 9.28. The Kier molecular flexibility index (Phi) is 5.40. The largest absolute Gasteiger partial charge is 0.286 e. The topological polar surface area (TPSA) is 66.7 Å². The number of aliphatic imine (C=N–C) groups is 1. The number of allylic oxidation sites excluding steroid dienone is 5. The Balaban J connectivity index is 0.000000249. The molecule has 0 aromatic heterocycles. The van der Waals surface area contributed by atoms with Gasteiger partial charge in [-0.1, -0.05) is 6.08 Å². The first-order chi connectivity index (χ1) is 7.97. The molecule has 6 heteroatoms. The number of rotatable bonds is 0. The minimum Gasteiger partial charge on any atom is -0.286 e. The van der Waals surface area contributed by atoms with E-state index in [0.29, 0.717) is 6.26 Å². The lowest BCUT2D eigenvalue weighted by Gasteiger charge is -1.97. The van der Waals surface area contributed by atoms with Gasteiger partial charge in [0.2, 0.25) is 0 Å².